The van der Waals surface area contributed by atoms with Crippen molar-refractivity contribution in [1.82, 2.24) is 9.88 Å². The minimum absolute atomic E-state index is 0.409. The number of furan rings is 1. The van der Waals surface area contributed by atoms with E-state index in [1.165, 1.54) is 25.5 Å². The molecule has 1 saturated carbocycles. The zero-order valence-corrected chi connectivity index (χ0v) is 10.6. The maximum atomic E-state index is 13.4. The molecule has 2 aromatic rings. The van der Waals surface area contributed by atoms with E-state index >= 15 is 0 Å². The van der Waals surface area contributed by atoms with Gasteiger partial charge in [-0.1, -0.05) is 0 Å². The average molecular weight is 258 g/mol. The van der Waals surface area contributed by atoms with Crippen LogP contribution in [0.15, 0.2) is 16.5 Å². The van der Waals surface area contributed by atoms with Gasteiger partial charge in [0.15, 0.2) is 5.58 Å². The summed E-state index contributed by atoms with van der Waals surface area (Å²) in [6.07, 6.45) is 3.48. The number of fused-ring (bicyclic) bond motifs is 5. The quantitative estimate of drug-likeness (QED) is 0.680. The van der Waals surface area contributed by atoms with Gasteiger partial charge in [0.1, 0.15) is 11.3 Å². The van der Waals surface area contributed by atoms with E-state index in [2.05, 4.69) is 9.88 Å². The van der Waals surface area contributed by atoms with E-state index in [1.54, 1.807) is 6.07 Å². The molecule has 3 atom stereocenters. The van der Waals surface area contributed by atoms with Gasteiger partial charge in [0.2, 0.25) is 5.95 Å². The standard InChI is InChI=1S/C15H15FN2O/c16-13-2-1-12-14(17-13)9-3-4-18-7-8-5-10(11(18)6-8)15(9)19-12/h1-2,8,10-11H,3-7H2/t8-,10+,11-/m0/s1. The Kier molecular flexibility index (Phi) is 1.84. The summed E-state index contributed by atoms with van der Waals surface area (Å²) < 4.78 is 19.4. The Morgan fingerprint density at radius 3 is 3.16 bits per heavy atom. The number of halogens is 1. The van der Waals surface area contributed by atoms with Crippen molar-refractivity contribution in [3.63, 3.8) is 0 Å². The number of piperidine rings is 1. The number of pyridine rings is 1. The first-order valence-electron chi connectivity index (χ1n) is 7.11. The van der Waals surface area contributed by atoms with Gasteiger partial charge in [0.25, 0.3) is 0 Å². The Labute approximate surface area is 110 Å². The largest absolute Gasteiger partial charge is 0.459 e. The van der Waals surface area contributed by atoms with Crippen molar-refractivity contribution in [2.45, 2.75) is 31.2 Å². The van der Waals surface area contributed by atoms with Gasteiger partial charge in [-0.2, -0.15) is 4.39 Å². The van der Waals surface area contributed by atoms with E-state index in [4.69, 9.17) is 4.42 Å². The van der Waals surface area contributed by atoms with Crippen LogP contribution in [0.4, 0.5) is 4.39 Å². The van der Waals surface area contributed by atoms with Crippen LogP contribution in [0.2, 0.25) is 0 Å². The van der Waals surface area contributed by atoms with Gasteiger partial charge in [-0.25, -0.2) is 4.98 Å². The first-order chi connectivity index (χ1) is 9.29. The van der Waals surface area contributed by atoms with Crippen LogP contribution in [0.25, 0.3) is 11.1 Å². The van der Waals surface area contributed by atoms with Crippen LogP contribution >= 0.6 is 0 Å². The van der Waals surface area contributed by atoms with E-state index in [0.29, 0.717) is 12.0 Å². The predicted molar refractivity (Wildman–Crippen MR) is 68.5 cm³/mol. The lowest BCUT2D eigenvalue weighted by molar-refractivity contribution is 0.194. The molecule has 0 unspecified atom stereocenters. The van der Waals surface area contributed by atoms with Gasteiger partial charge in [-0.3, -0.25) is 4.90 Å². The fourth-order valence-electron chi connectivity index (χ4n) is 4.49. The van der Waals surface area contributed by atoms with E-state index in [1.807, 2.05) is 0 Å². The molecule has 3 aliphatic rings. The van der Waals surface area contributed by atoms with Crippen LogP contribution in [-0.4, -0.2) is 29.0 Å². The molecule has 1 aliphatic carbocycles. The molecular formula is C15H15FN2O. The Morgan fingerprint density at radius 2 is 2.26 bits per heavy atom. The third-order valence-corrected chi connectivity index (χ3v) is 5.20. The molecule has 4 heterocycles. The highest BCUT2D eigenvalue weighted by Gasteiger charge is 2.49. The summed E-state index contributed by atoms with van der Waals surface area (Å²) in [7, 11) is 0. The molecule has 2 aromatic heterocycles. The molecule has 2 bridgehead atoms. The van der Waals surface area contributed by atoms with Crippen molar-refractivity contribution in [3.8, 4) is 0 Å². The van der Waals surface area contributed by atoms with E-state index in [-0.39, 0.29) is 0 Å². The molecule has 5 rings (SSSR count). The molecule has 0 aromatic carbocycles. The van der Waals surface area contributed by atoms with Crippen LogP contribution in [0.1, 0.15) is 30.1 Å². The molecule has 0 radical (unpaired) electrons. The molecule has 2 fully saturated rings. The fourth-order valence-corrected chi connectivity index (χ4v) is 4.49. The average Bonchev–Trinajstić information content (AvgIpc) is 3.05. The van der Waals surface area contributed by atoms with Gasteiger partial charge < -0.3 is 4.42 Å². The van der Waals surface area contributed by atoms with Crippen molar-refractivity contribution < 1.29 is 8.81 Å². The van der Waals surface area contributed by atoms with Crippen molar-refractivity contribution in [1.29, 1.82) is 0 Å². The topological polar surface area (TPSA) is 29.3 Å². The third-order valence-electron chi connectivity index (χ3n) is 5.20. The molecule has 0 spiro atoms. The van der Waals surface area contributed by atoms with Crippen molar-refractivity contribution in [2.24, 2.45) is 5.92 Å². The molecule has 19 heavy (non-hydrogen) atoms. The molecule has 0 N–H and O–H groups in total. The molecule has 98 valence electrons. The number of aromatic nitrogens is 1. The van der Waals surface area contributed by atoms with Crippen LogP contribution in [0.3, 0.4) is 0 Å². The zero-order chi connectivity index (χ0) is 12.6. The number of nitrogens with zero attached hydrogens (tertiary/aromatic N) is 2. The Bertz CT molecular complexity index is 680. The zero-order valence-electron chi connectivity index (χ0n) is 10.6. The summed E-state index contributed by atoms with van der Waals surface area (Å²) >= 11 is 0. The number of rotatable bonds is 0. The molecule has 0 amide bonds. The van der Waals surface area contributed by atoms with E-state index in [9.17, 15) is 4.39 Å². The highest BCUT2D eigenvalue weighted by Crippen LogP contribution is 2.50. The minimum atomic E-state index is -0.409. The van der Waals surface area contributed by atoms with Gasteiger partial charge >= 0.3 is 0 Å². The van der Waals surface area contributed by atoms with E-state index < -0.39 is 5.95 Å². The monoisotopic (exact) mass is 258 g/mol. The Balaban J connectivity index is 1.75. The fraction of sp³-hybridized carbons (Fsp3) is 0.533. The molecule has 3 nitrogen and oxygen atoms in total. The summed E-state index contributed by atoms with van der Waals surface area (Å²) in [5.41, 5.74) is 2.66. The molecule has 2 aliphatic heterocycles. The second-order valence-corrected chi connectivity index (χ2v) is 6.18. The number of hydrogen-bond acceptors (Lipinski definition) is 3. The summed E-state index contributed by atoms with van der Waals surface area (Å²) in [6, 6.07) is 3.76. The minimum Gasteiger partial charge on any atom is -0.459 e. The summed E-state index contributed by atoms with van der Waals surface area (Å²) in [6.45, 7) is 2.31. The highest BCUT2D eigenvalue weighted by atomic mass is 19.1. The highest BCUT2D eigenvalue weighted by molar-refractivity contribution is 5.78. The molecule has 4 heteroatoms. The van der Waals surface area contributed by atoms with Crippen LogP contribution in [-0.2, 0) is 6.42 Å². The smallest absolute Gasteiger partial charge is 0.213 e. The van der Waals surface area contributed by atoms with Gasteiger partial charge in [-0.15, -0.1) is 0 Å². The van der Waals surface area contributed by atoms with Gasteiger partial charge in [0, 0.05) is 30.6 Å². The first-order valence-corrected chi connectivity index (χ1v) is 7.11. The SMILES string of the molecule is Fc1ccc2oc3c(c2n1)CCN1C[C@H]2C[C@@H]3[C@@H]1C2. The van der Waals surface area contributed by atoms with Crippen molar-refractivity contribution in [2.75, 3.05) is 13.1 Å². The Morgan fingerprint density at radius 1 is 1.32 bits per heavy atom. The molecular weight excluding hydrogens is 243 g/mol. The third kappa shape index (κ3) is 1.27. The van der Waals surface area contributed by atoms with Crippen LogP contribution in [0, 0.1) is 11.9 Å². The summed E-state index contributed by atoms with van der Waals surface area (Å²) in [4.78, 5) is 6.66. The lowest BCUT2D eigenvalue weighted by Gasteiger charge is -2.29. The lowest BCUT2D eigenvalue weighted by Crippen LogP contribution is -2.36. The molecule has 1 saturated heterocycles. The van der Waals surface area contributed by atoms with Crippen molar-refractivity contribution >= 4 is 11.1 Å². The van der Waals surface area contributed by atoms with Gasteiger partial charge in [0.05, 0.1) is 0 Å². The van der Waals surface area contributed by atoms with Crippen LogP contribution < -0.4 is 0 Å². The lowest BCUT2D eigenvalue weighted by atomic mass is 9.94. The Hall–Kier alpha value is -1.42. The summed E-state index contributed by atoms with van der Waals surface area (Å²) in [5, 5.41) is 0. The normalized spacial score (nSPS) is 32.8. The second kappa shape index (κ2) is 3.37. The first kappa shape index (κ1) is 10.4. The summed E-state index contributed by atoms with van der Waals surface area (Å²) in [5.74, 6) is 2.03. The van der Waals surface area contributed by atoms with Crippen LogP contribution in [0.5, 0.6) is 0 Å². The second-order valence-electron chi connectivity index (χ2n) is 6.18. The van der Waals surface area contributed by atoms with Gasteiger partial charge in [-0.05, 0) is 37.3 Å². The van der Waals surface area contributed by atoms with Crippen molar-refractivity contribution in [3.05, 3.63) is 29.4 Å². The van der Waals surface area contributed by atoms with E-state index in [0.717, 1.165) is 41.3 Å². The predicted octanol–water partition coefficient (Wildman–Crippen LogP) is 2.70. The maximum absolute atomic E-state index is 13.4. The number of hydrogen-bond donors (Lipinski definition) is 0. The maximum Gasteiger partial charge on any atom is 0.213 e.